The van der Waals surface area contributed by atoms with Gasteiger partial charge in [-0.1, -0.05) is 6.92 Å². The van der Waals surface area contributed by atoms with Crippen LogP contribution in [-0.2, 0) is 6.18 Å². The summed E-state index contributed by atoms with van der Waals surface area (Å²) in [6.45, 7) is 2.02. The van der Waals surface area contributed by atoms with E-state index < -0.39 is 34.8 Å². The molecule has 0 radical (unpaired) electrons. The molecule has 0 atom stereocenters. The van der Waals surface area contributed by atoms with Crippen molar-refractivity contribution in [2.45, 2.75) is 19.5 Å². The summed E-state index contributed by atoms with van der Waals surface area (Å²) in [4.78, 5) is 12.1. The molecule has 0 aromatic heterocycles. The maximum atomic E-state index is 13.7. The Morgan fingerprint density at radius 1 is 1.12 bits per heavy atom. The first-order valence-electron chi connectivity index (χ1n) is 7.33. The third kappa shape index (κ3) is 4.68. The van der Waals surface area contributed by atoms with Crippen molar-refractivity contribution in [2.75, 3.05) is 11.9 Å². The molecule has 8 heteroatoms. The van der Waals surface area contributed by atoms with Crippen LogP contribution in [0.2, 0.25) is 0 Å². The van der Waals surface area contributed by atoms with Crippen molar-refractivity contribution in [3.8, 4) is 5.75 Å². The van der Waals surface area contributed by atoms with Gasteiger partial charge in [0.25, 0.3) is 5.91 Å². The van der Waals surface area contributed by atoms with E-state index in [0.29, 0.717) is 18.6 Å². The van der Waals surface area contributed by atoms with Gasteiger partial charge in [0.2, 0.25) is 0 Å². The van der Waals surface area contributed by atoms with Gasteiger partial charge in [-0.2, -0.15) is 13.2 Å². The van der Waals surface area contributed by atoms with Crippen LogP contribution >= 0.6 is 0 Å². The van der Waals surface area contributed by atoms with Crippen molar-refractivity contribution in [1.29, 1.82) is 0 Å². The predicted molar refractivity (Wildman–Crippen MR) is 81.5 cm³/mol. The molecule has 0 aliphatic carbocycles. The number of hydrogen-bond donors (Lipinski definition) is 1. The smallest absolute Gasteiger partial charge is 0.416 e. The molecule has 134 valence electrons. The SMILES string of the molecule is CCCOc1ccc(C(F)(F)F)cc1NC(=O)c1ccc(F)cc1F. The molecule has 1 N–H and O–H groups in total. The highest BCUT2D eigenvalue weighted by Crippen LogP contribution is 2.35. The maximum absolute atomic E-state index is 13.7. The maximum Gasteiger partial charge on any atom is 0.416 e. The van der Waals surface area contributed by atoms with Crippen molar-refractivity contribution in [3.63, 3.8) is 0 Å². The van der Waals surface area contributed by atoms with Gasteiger partial charge in [-0.15, -0.1) is 0 Å². The van der Waals surface area contributed by atoms with Gasteiger partial charge in [0, 0.05) is 6.07 Å². The minimum absolute atomic E-state index is 0.0192. The largest absolute Gasteiger partial charge is 0.491 e. The normalized spacial score (nSPS) is 11.3. The second-order valence-electron chi connectivity index (χ2n) is 5.14. The lowest BCUT2D eigenvalue weighted by Crippen LogP contribution is -2.16. The van der Waals surface area contributed by atoms with Crippen LogP contribution in [0.4, 0.5) is 27.6 Å². The van der Waals surface area contributed by atoms with Crippen molar-refractivity contribution < 1.29 is 31.5 Å². The summed E-state index contributed by atoms with van der Waals surface area (Å²) in [6.07, 6.45) is -4.02. The van der Waals surface area contributed by atoms with Crippen LogP contribution in [0.25, 0.3) is 0 Å². The topological polar surface area (TPSA) is 38.3 Å². The highest BCUT2D eigenvalue weighted by atomic mass is 19.4. The summed E-state index contributed by atoms with van der Waals surface area (Å²) in [6, 6.07) is 4.88. The molecule has 0 spiro atoms. The molecule has 0 aliphatic heterocycles. The van der Waals surface area contributed by atoms with Gasteiger partial charge < -0.3 is 10.1 Å². The van der Waals surface area contributed by atoms with Gasteiger partial charge in [0.15, 0.2) is 0 Å². The minimum Gasteiger partial charge on any atom is -0.491 e. The molecule has 0 heterocycles. The third-order valence-electron chi connectivity index (χ3n) is 3.19. The molecule has 0 unspecified atom stereocenters. The zero-order valence-corrected chi connectivity index (χ0v) is 13.1. The fraction of sp³-hybridized carbons (Fsp3) is 0.235. The van der Waals surface area contributed by atoms with Crippen molar-refractivity contribution in [2.24, 2.45) is 0 Å². The zero-order chi connectivity index (χ0) is 18.6. The predicted octanol–water partition coefficient (Wildman–Crippen LogP) is 5.02. The Balaban J connectivity index is 2.36. The molecule has 3 nitrogen and oxygen atoms in total. The van der Waals surface area contributed by atoms with Crippen LogP contribution in [0, 0.1) is 11.6 Å². The Hall–Kier alpha value is -2.64. The number of anilines is 1. The van der Waals surface area contributed by atoms with E-state index in [1.807, 2.05) is 0 Å². The number of rotatable bonds is 5. The number of ether oxygens (including phenoxy) is 1. The quantitative estimate of drug-likeness (QED) is 0.761. The number of hydrogen-bond acceptors (Lipinski definition) is 2. The van der Waals surface area contributed by atoms with Crippen molar-refractivity contribution >= 4 is 11.6 Å². The van der Waals surface area contributed by atoms with Gasteiger partial charge in [-0.05, 0) is 36.8 Å². The number of halogens is 5. The molecular weight excluding hydrogens is 345 g/mol. The lowest BCUT2D eigenvalue weighted by molar-refractivity contribution is -0.137. The van der Waals surface area contributed by atoms with Crippen LogP contribution in [0.1, 0.15) is 29.3 Å². The highest BCUT2D eigenvalue weighted by Gasteiger charge is 2.31. The number of alkyl halides is 3. The van der Waals surface area contributed by atoms with Crippen LogP contribution in [-0.4, -0.2) is 12.5 Å². The number of carbonyl (C=O) groups is 1. The Kier molecular flexibility index (Phi) is 5.61. The molecule has 0 bridgehead atoms. The summed E-state index contributed by atoms with van der Waals surface area (Å²) >= 11 is 0. The molecule has 1 amide bonds. The number of amides is 1. The molecule has 0 saturated heterocycles. The van der Waals surface area contributed by atoms with E-state index in [1.54, 1.807) is 6.92 Å². The average molecular weight is 359 g/mol. The van der Waals surface area contributed by atoms with E-state index >= 15 is 0 Å². The molecule has 0 aliphatic rings. The summed E-state index contributed by atoms with van der Waals surface area (Å²) < 4.78 is 70.5. The van der Waals surface area contributed by atoms with Gasteiger partial charge in [0.1, 0.15) is 17.4 Å². The molecule has 0 saturated carbocycles. The molecule has 2 aromatic rings. The second-order valence-corrected chi connectivity index (χ2v) is 5.14. The van der Waals surface area contributed by atoms with Gasteiger partial charge in [-0.3, -0.25) is 4.79 Å². The summed E-state index contributed by atoms with van der Waals surface area (Å²) in [7, 11) is 0. The van der Waals surface area contributed by atoms with Crippen LogP contribution in [0.15, 0.2) is 36.4 Å². The highest BCUT2D eigenvalue weighted by molar-refractivity contribution is 6.05. The number of nitrogens with one attached hydrogen (secondary N) is 1. The molecule has 0 fully saturated rings. The second kappa shape index (κ2) is 7.50. The Labute approximate surface area is 140 Å². The Morgan fingerprint density at radius 3 is 2.44 bits per heavy atom. The summed E-state index contributed by atoms with van der Waals surface area (Å²) in [5, 5.41) is 2.18. The van der Waals surface area contributed by atoms with Crippen LogP contribution in [0.3, 0.4) is 0 Å². The summed E-state index contributed by atoms with van der Waals surface area (Å²) in [5.41, 5.74) is -1.75. The molecule has 2 rings (SSSR count). The first-order chi connectivity index (χ1) is 11.7. The van der Waals surface area contributed by atoms with Crippen LogP contribution < -0.4 is 10.1 Å². The molecular formula is C17H14F5NO2. The zero-order valence-electron chi connectivity index (χ0n) is 13.1. The van der Waals surface area contributed by atoms with E-state index in [9.17, 15) is 26.7 Å². The van der Waals surface area contributed by atoms with E-state index in [1.165, 1.54) is 0 Å². The first-order valence-corrected chi connectivity index (χ1v) is 7.33. The van der Waals surface area contributed by atoms with E-state index in [0.717, 1.165) is 24.3 Å². The minimum atomic E-state index is -4.62. The number of benzene rings is 2. The summed E-state index contributed by atoms with van der Waals surface area (Å²) in [5.74, 6) is -3.00. The monoisotopic (exact) mass is 359 g/mol. The fourth-order valence-electron chi connectivity index (χ4n) is 2.01. The van der Waals surface area contributed by atoms with Crippen LogP contribution in [0.5, 0.6) is 5.75 Å². The Morgan fingerprint density at radius 2 is 1.84 bits per heavy atom. The first kappa shape index (κ1) is 18.7. The number of carbonyl (C=O) groups excluding carboxylic acids is 1. The van der Waals surface area contributed by atoms with E-state index in [4.69, 9.17) is 4.74 Å². The van der Waals surface area contributed by atoms with E-state index in [-0.39, 0.29) is 18.0 Å². The fourth-order valence-corrected chi connectivity index (χ4v) is 2.01. The van der Waals surface area contributed by atoms with Crippen molar-refractivity contribution in [1.82, 2.24) is 0 Å². The lowest BCUT2D eigenvalue weighted by atomic mass is 10.1. The average Bonchev–Trinajstić information content (AvgIpc) is 2.52. The standard InChI is InChI=1S/C17H14F5NO2/c1-2-7-25-15-6-3-10(17(20,21)22)8-14(15)23-16(24)12-5-4-11(18)9-13(12)19/h3-6,8-9H,2,7H2,1H3,(H,23,24). The molecule has 25 heavy (non-hydrogen) atoms. The van der Waals surface area contributed by atoms with Crippen molar-refractivity contribution in [3.05, 3.63) is 59.2 Å². The third-order valence-corrected chi connectivity index (χ3v) is 3.19. The van der Waals surface area contributed by atoms with Gasteiger partial charge in [-0.25, -0.2) is 8.78 Å². The van der Waals surface area contributed by atoms with E-state index in [2.05, 4.69) is 5.32 Å². The van der Waals surface area contributed by atoms with Gasteiger partial charge >= 0.3 is 6.18 Å². The molecule has 2 aromatic carbocycles. The van der Waals surface area contributed by atoms with Gasteiger partial charge in [0.05, 0.1) is 23.4 Å². The lowest BCUT2D eigenvalue weighted by Gasteiger charge is -2.15. The Bertz CT molecular complexity index is 774.